The van der Waals surface area contributed by atoms with Crippen molar-refractivity contribution >= 4 is 11.8 Å². The Kier molecular flexibility index (Phi) is 5.08. The van der Waals surface area contributed by atoms with Gasteiger partial charge in [0.15, 0.2) is 0 Å². The molecule has 0 radical (unpaired) electrons. The Hall–Kier alpha value is -1.10. The molecule has 8 atom stereocenters. The van der Waals surface area contributed by atoms with Crippen LogP contribution in [0.25, 0.3) is 0 Å². The summed E-state index contributed by atoms with van der Waals surface area (Å²) in [7, 11) is 0. The van der Waals surface area contributed by atoms with Crippen LogP contribution in [-0.4, -0.2) is 30.1 Å². The van der Waals surface area contributed by atoms with Crippen LogP contribution in [0, 0.1) is 51.8 Å². The van der Waals surface area contributed by atoms with E-state index in [4.69, 9.17) is 10.5 Å². The van der Waals surface area contributed by atoms with E-state index in [1.165, 1.54) is 44.9 Å². The first-order valence-electron chi connectivity index (χ1n) is 14.9. The molecule has 5 heteroatoms. The fourth-order valence-electron chi connectivity index (χ4n) is 12.1. The first-order chi connectivity index (χ1) is 16.7. The van der Waals surface area contributed by atoms with Gasteiger partial charge < -0.3 is 15.8 Å². The van der Waals surface area contributed by atoms with E-state index in [1.807, 2.05) is 0 Å². The lowest BCUT2D eigenvalue weighted by molar-refractivity contribution is -0.193. The van der Waals surface area contributed by atoms with Crippen molar-refractivity contribution in [2.24, 2.45) is 57.5 Å². The zero-order valence-electron chi connectivity index (χ0n) is 21.9. The number of carbonyl (C=O) groups is 2. The highest BCUT2D eigenvalue weighted by Crippen LogP contribution is 2.66. The summed E-state index contributed by atoms with van der Waals surface area (Å²) < 4.78 is 7.02. The minimum atomic E-state index is -0.393. The topological polar surface area (TPSA) is 81.4 Å². The van der Waals surface area contributed by atoms with Gasteiger partial charge in [0.25, 0.3) is 0 Å². The monoisotopic (exact) mass is 482 g/mol. The number of nitrogens with one attached hydrogen (secondary N) is 1. The lowest BCUT2D eigenvalue weighted by Crippen LogP contribution is -2.61. The second-order valence-electron chi connectivity index (χ2n) is 14.9. The molecule has 1 aliphatic heterocycles. The van der Waals surface area contributed by atoms with Crippen molar-refractivity contribution in [2.45, 2.75) is 122 Å². The molecular formula is C30H46N2O3. The predicted molar refractivity (Wildman–Crippen MR) is 134 cm³/mol. The van der Waals surface area contributed by atoms with Gasteiger partial charge in [-0.05, 0) is 130 Å². The van der Waals surface area contributed by atoms with Crippen LogP contribution in [0.5, 0.6) is 0 Å². The van der Waals surface area contributed by atoms with E-state index in [0.717, 1.165) is 62.2 Å². The number of carbonyl (C=O) groups excluding carboxylic acids is 2. The molecule has 0 aromatic rings. The van der Waals surface area contributed by atoms with E-state index in [0.29, 0.717) is 24.3 Å². The van der Waals surface area contributed by atoms with Gasteiger partial charge in [-0.1, -0.05) is 13.8 Å². The van der Waals surface area contributed by atoms with Gasteiger partial charge in [-0.2, -0.15) is 0 Å². The molecule has 0 aromatic heterocycles. The molecule has 7 saturated carbocycles. The first kappa shape index (κ1) is 23.0. The summed E-state index contributed by atoms with van der Waals surface area (Å²) in [5.41, 5.74) is 6.56. The molecule has 194 valence electrons. The Morgan fingerprint density at radius 2 is 1.57 bits per heavy atom. The van der Waals surface area contributed by atoms with Crippen LogP contribution in [0.15, 0.2) is 0 Å². The van der Waals surface area contributed by atoms with Gasteiger partial charge in [0.2, 0.25) is 11.8 Å². The minimum absolute atomic E-state index is 0.0120. The Bertz CT molecular complexity index is 882. The zero-order chi connectivity index (χ0) is 24.2. The lowest BCUT2D eigenvalue weighted by atomic mass is 9.47. The summed E-state index contributed by atoms with van der Waals surface area (Å²) in [5, 5.41) is 3.36. The van der Waals surface area contributed by atoms with E-state index < -0.39 is 6.10 Å². The second kappa shape index (κ2) is 7.71. The van der Waals surface area contributed by atoms with Crippen LogP contribution >= 0.6 is 0 Å². The van der Waals surface area contributed by atoms with Gasteiger partial charge in [-0.25, -0.2) is 0 Å². The number of primary amides is 1. The lowest BCUT2D eigenvalue weighted by Gasteiger charge is -2.61. The van der Waals surface area contributed by atoms with Crippen LogP contribution in [0.4, 0.5) is 0 Å². The number of rotatable bonds is 4. The van der Waals surface area contributed by atoms with E-state index in [-0.39, 0.29) is 34.2 Å². The highest BCUT2D eigenvalue weighted by Gasteiger charge is 2.63. The highest BCUT2D eigenvalue weighted by atomic mass is 16.5. The molecule has 0 aromatic carbocycles. The highest BCUT2D eigenvalue weighted by molar-refractivity contribution is 5.80. The molecule has 0 spiro atoms. The Balaban J connectivity index is 1.12. The largest absolute Gasteiger partial charge is 0.367 e. The van der Waals surface area contributed by atoms with Gasteiger partial charge in [-0.15, -0.1) is 0 Å². The van der Waals surface area contributed by atoms with Crippen LogP contribution in [0.3, 0.4) is 0 Å². The fraction of sp³-hybridized carbons (Fsp3) is 0.933. The predicted octanol–water partition coefficient (Wildman–Crippen LogP) is 4.96. The standard InChI is InChI=1S/C30H46N2O3/c1-28-10-8-25(33)32-23(28)5-3-20-21-4-6-24(29(21,2)9-7-22(20)28)35-26(27(31)34)30-14-17-11-18(15-30)13-19(12-17)16-30/h17-24,26H,3-16H2,1-2H3,(H2,31,34)(H,32,33)/t17?,18?,19?,20-,21-,22-,23+,24-,26?,28+,29-,30?/m0/s1. The van der Waals surface area contributed by atoms with Gasteiger partial charge in [0, 0.05) is 17.9 Å². The van der Waals surface area contributed by atoms with Gasteiger partial charge in [-0.3, -0.25) is 9.59 Å². The van der Waals surface area contributed by atoms with Crippen molar-refractivity contribution in [3.8, 4) is 0 Å². The normalized spacial score (nSPS) is 55.0. The van der Waals surface area contributed by atoms with E-state index in [9.17, 15) is 9.59 Å². The Morgan fingerprint density at radius 1 is 0.914 bits per heavy atom. The van der Waals surface area contributed by atoms with Gasteiger partial charge in [0.1, 0.15) is 6.10 Å². The van der Waals surface area contributed by atoms with Crippen molar-refractivity contribution in [1.29, 1.82) is 0 Å². The number of fused-ring (bicyclic) bond motifs is 5. The maximum absolute atomic E-state index is 13.0. The van der Waals surface area contributed by atoms with Crippen molar-refractivity contribution < 1.29 is 14.3 Å². The molecule has 1 heterocycles. The molecule has 7 aliphatic carbocycles. The summed E-state index contributed by atoms with van der Waals surface area (Å²) in [4.78, 5) is 25.1. The second-order valence-corrected chi connectivity index (χ2v) is 14.9. The van der Waals surface area contributed by atoms with E-state index >= 15 is 0 Å². The molecule has 5 nitrogen and oxygen atoms in total. The molecule has 2 amide bonds. The van der Waals surface area contributed by atoms with E-state index in [1.54, 1.807) is 0 Å². The fourth-order valence-corrected chi connectivity index (χ4v) is 12.1. The molecule has 8 aliphatic rings. The number of nitrogens with two attached hydrogens (primary N) is 1. The summed E-state index contributed by atoms with van der Waals surface area (Å²) in [6.07, 6.45) is 16.2. The zero-order valence-corrected chi connectivity index (χ0v) is 21.9. The van der Waals surface area contributed by atoms with Crippen LogP contribution < -0.4 is 11.1 Å². The molecule has 8 rings (SSSR count). The maximum atomic E-state index is 13.0. The maximum Gasteiger partial charge on any atom is 0.247 e. The van der Waals surface area contributed by atoms with Crippen molar-refractivity contribution in [3.05, 3.63) is 0 Å². The van der Waals surface area contributed by atoms with Crippen molar-refractivity contribution in [2.75, 3.05) is 0 Å². The summed E-state index contributed by atoms with van der Waals surface area (Å²) >= 11 is 0. The number of hydrogen-bond donors (Lipinski definition) is 2. The SMILES string of the molecule is C[C@]12CCC(=O)N[C@@H]1CC[C@@H]1[C@@H]2CC[C@]2(C)[C@@H](OC(C(N)=O)C34CC5CC(CC(C5)C3)C4)CC[C@@H]12. The Morgan fingerprint density at radius 3 is 2.23 bits per heavy atom. The summed E-state index contributed by atoms with van der Waals surface area (Å²) in [6, 6.07) is 0.359. The smallest absolute Gasteiger partial charge is 0.247 e. The number of ether oxygens (including phenoxy) is 1. The van der Waals surface area contributed by atoms with Crippen molar-refractivity contribution in [3.63, 3.8) is 0 Å². The molecule has 35 heavy (non-hydrogen) atoms. The third-order valence-electron chi connectivity index (χ3n) is 13.2. The molecule has 1 saturated heterocycles. The first-order valence-corrected chi connectivity index (χ1v) is 14.9. The molecular weight excluding hydrogens is 436 g/mol. The molecule has 8 fully saturated rings. The third-order valence-corrected chi connectivity index (χ3v) is 13.2. The van der Waals surface area contributed by atoms with Crippen molar-refractivity contribution in [1.82, 2.24) is 5.32 Å². The van der Waals surface area contributed by atoms with Crippen LogP contribution in [-0.2, 0) is 14.3 Å². The molecule has 3 N–H and O–H groups in total. The van der Waals surface area contributed by atoms with Gasteiger partial charge in [0.05, 0.1) is 6.10 Å². The molecule has 1 unspecified atom stereocenters. The number of amides is 2. The van der Waals surface area contributed by atoms with E-state index in [2.05, 4.69) is 19.2 Å². The van der Waals surface area contributed by atoms with Crippen LogP contribution in [0.2, 0.25) is 0 Å². The summed E-state index contributed by atoms with van der Waals surface area (Å²) in [5.74, 6) is 4.54. The quantitative estimate of drug-likeness (QED) is 0.594. The average molecular weight is 483 g/mol. The van der Waals surface area contributed by atoms with Gasteiger partial charge >= 0.3 is 0 Å². The van der Waals surface area contributed by atoms with Crippen LogP contribution in [0.1, 0.15) is 104 Å². The average Bonchev–Trinajstić information content (AvgIpc) is 3.13. The molecule has 4 bridgehead atoms. The summed E-state index contributed by atoms with van der Waals surface area (Å²) in [6.45, 7) is 4.95. The number of piperidine rings is 1. The minimum Gasteiger partial charge on any atom is -0.367 e. The Labute approximate surface area is 211 Å². The number of hydrogen-bond acceptors (Lipinski definition) is 3. The third kappa shape index (κ3) is 3.28.